The maximum Gasteiger partial charge on any atom is 0.316 e. The predicted molar refractivity (Wildman–Crippen MR) is 92.8 cm³/mol. The number of halogens is 1. The van der Waals surface area contributed by atoms with Gasteiger partial charge >= 0.3 is 5.97 Å². The summed E-state index contributed by atoms with van der Waals surface area (Å²) < 4.78 is 6.63. The van der Waals surface area contributed by atoms with E-state index in [1.165, 1.54) is 0 Å². The van der Waals surface area contributed by atoms with Gasteiger partial charge in [0.1, 0.15) is 5.41 Å². The van der Waals surface area contributed by atoms with Crippen molar-refractivity contribution in [3.8, 4) is 0 Å². The maximum atomic E-state index is 11.7. The number of hydrogen-bond donors (Lipinski definition) is 1. The summed E-state index contributed by atoms with van der Waals surface area (Å²) in [5.41, 5.74) is 7.63. The molecule has 0 bridgehead atoms. The molecule has 1 aromatic rings. The van der Waals surface area contributed by atoms with E-state index in [1.54, 1.807) is 13.0 Å². The van der Waals surface area contributed by atoms with Gasteiger partial charge in [-0.05, 0) is 58.2 Å². The largest absolute Gasteiger partial charge is 0.481 e. The van der Waals surface area contributed by atoms with Crippen molar-refractivity contribution in [1.82, 2.24) is 0 Å². The molecular formula is C15H20IN3O3. The van der Waals surface area contributed by atoms with E-state index in [2.05, 4.69) is 32.6 Å². The average molecular weight is 417 g/mol. The molecule has 0 saturated carbocycles. The lowest BCUT2D eigenvalue weighted by atomic mass is 9.83. The fourth-order valence-electron chi connectivity index (χ4n) is 1.90. The van der Waals surface area contributed by atoms with Crippen molar-refractivity contribution in [3.05, 3.63) is 43.8 Å². The van der Waals surface area contributed by atoms with Gasteiger partial charge in [0.05, 0.1) is 13.2 Å². The summed E-state index contributed by atoms with van der Waals surface area (Å²) in [5.74, 6) is -0.928. The second kappa shape index (κ2) is 7.80. The summed E-state index contributed by atoms with van der Waals surface area (Å²) in [6.07, 6.45) is 0. The highest BCUT2D eigenvalue weighted by Gasteiger charge is 2.36. The Kier molecular flexibility index (Phi) is 6.65. The molecule has 1 N–H and O–H groups in total. The van der Waals surface area contributed by atoms with Gasteiger partial charge in [-0.25, -0.2) is 0 Å². The molecular weight excluding hydrogens is 397 g/mol. The molecule has 0 aliphatic carbocycles. The summed E-state index contributed by atoms with van der Waals surface area (Å²) in [6.45, 7) is 6.15. The third kappa shape index (κ3) is 5.15. The van der Waals surface area contributed by atoms with Gasteiger partial charge in [0, 0.05) is 15.0 Å². The molecule has 1 atom stereocenters. The first-order valence-electron chi connectivity index (χ1n) is 6.79. The number of aliphatic carboxylic acids is 1. The molecule has 1 unspecified atom stereocenters. The Morgan fingerprint density at radius 2 is 2.09 bits per heavy atom. The number of rotatable bonds is 8. The van der Waals surface area contributed by atoms with Crippen molar-refractivity contribution >= 4 is 28.6 Å². The second-order valence-corrected chi connectivity index (χ2v) is 7.44. The summed E-state index contributed by atoms with van der Waals surface area (Å²) in [6, 6.07) is 7.40. The lowest BCUT2D eigenvalue weighted by Gasteiger charge is -2.28. The molecule has 120 valence electrons. The van der Waals surface area contributed by atoms with Gasteiger partial charge < -0.3 is 9.84 Å². The molecule has 0 fully saturated rings. The summed E-state index contributed by atoms with van der Waals surface area (Å²) in [7, 11) is 0. The van der Waals surface area contributed by atoms with Gasteiger partial charge in [0.25, 0.3) is 0 Å². The second-order valence-electron chi connectivity index (χ2n) is 6.19. The molecule has 1 aromatic carbocycles. The number of carbonyl (C=O) groups is 1. The summed E-state index contributed by atoms with van der Waals surface area (Å²) in [4.78, 5) is 14.4. The van der Waals surface area contributed by atoms with Crippen LogP contribution in [-0.2, 0) is 14.9 Å². The Morgan fingerprint density at radius 3 is 2.64 bits per heavy atom. The van der Waals surface area contributed by atoms with Crippen molar-refractivity contribution in [1.29, 1.82) is 0 Å². The first kappa shape index (κ1) is 18.7. The van der Waals surface area contributed by atoms with Crippen LogP contribution in [0, 0.1) is 8.99 Å². The number of ether oxygens (including phenoxy) is 1. The fraction of sp³-hybridized carbons (Fsp3) is 0.533. The third-order valence-corrected chi connectivity index (χ3v) is 4.05. The molecule has 0 saturated heterocycles. The molecule has 0 aliphatic heterocycles. The number of carboxylic acid groups (broad SMARTS) is 1. The summed E-state index contributed by atoms with van der Waals surface area (Å²) in [5, 5.41) is 13.1. The molecule has 0 aliphatic rings. The Morgan fingerprint density at radius 1 is 1.41 bits per heavy atom. The van der Waals surface area contributed by atoms with Crippen LogP contribution in [-0.4, -0.2) is 30.8 Å². The summed E-state index contributed by atoms with van der Waals surface area (Å²) >= 11 is 2.15. The lowest BCUT2D eigenvalue weighted by Crippen LogP contribution is -2.39. The smallest absolute Gasteiger partial charge is 0.316 e. The maximum absolute atomic E-state index is 11.7. The van der Waals surface area contributed by atoms with E-state index in [1.807, 2.05) is 32.0 Å². The number of hydrogen-bond acceptors (Lipinski definition) is 3. The van der Waals surface area contributed by atoms with Crippen molar-refractivity contribution in [2.45, 2.75) is 26.2 Å². The minimum atomic E-state index is -1.12. The Labute approximate surface area is 143 Å². The van der Waals surface area contributed by atoms with Crippen LogP contribution in [0.25, 0.3) is 10.4 Å². The number of nitrogens with zero attached hydrogens (tertiary/aromatic N) is 3. The zero-order valence-corrected chi connectivity index (χ0v) is 15.1. The van der Waals surface area contributed by atoms with Crippen LogP contribution in [0.1, 0.15) is 26.3 Å². The highest BCUT2D eigenvalue weighted by atomic mass is 127. The van der Waals surface area contributed by atoms with Crippen LogP contribution in [0.2, 0.25) is 0 Å². The van der Waals surface area contributed by atoms with Crippen molar-refractivity contribution < 1.29 is 14.6 Å². The van der Waals surface area contributed by atoms with E-state index in [-0.39, 0.29) is 12.0 Å². The highest BCUT2D eigenvalue weighted by molar-refractivity contribution is 14.1. The van der Waals surface area contributed by atoms with Crippen LogP contribution in [0.3, 0.4) is 0 Å². The van der Waals surface area contributed by atoms with Crippen molar-refractivity contribution in [2.24, 2.45) is 10.5 Å². The topological polar surface area (TPSA) is 95.3 Å². The van der Waals surface area contributed by atoms with E-state index in [4.69, 9.17) is 10.3 Å². The number of benzene rings is 1. The Bertz CT molecular complexity index is 585. The van der Waals surface area contributed by atoms with Crippen LogP contribution in [0.4, 0.5) is 0 Å². The van der Waals surface area contributed by atoms with Gasteiger partial charge in [-0.2, -0.15) is 0 Å². The van der Waals surface area contributed by atoms with E-state index in [9.17, 15) is 9.90 Å². The molecule has 6 nitrogen and oxygen atoms in total. The molecule has 7 heteroatoms. The van der Waals surface area contributed by atoms with Gasteiger partial charge in [-0.15, -0.1) is 0 Å². The van der Waals surface area contributed by atoms with E-state index < -0.39 is 11.4 Å². The Hall–Kier alpha value is -1.31. The first-order valence-corrected chi connectivity index (χ1v) is 7.87. The normalized spacial score (nSPS) is 14.0. The molecule has 1 rings (SSSR count). The lowest BCUT2D eigenvalue weighted by molar-refractivity contribution is -0.146. The van der Waals surface area contributed by atoms with Crippen LogP contribution in [0.5, 0.6) is 0 Å². The fourth-order valence-corrected chi connectivity index (χ4v) is 2.44. The molecule has 0 heterocycles. The first-order chi connectivity index (χ1) is 10.2. The monoisotopic (exact) mass is 417 g/mol. The van der Waals surface area contributed by atoms with Crippen LogP contribution in [0.15, 0.2) is 29.4 Å². The molecule has 0 spiro atoms. The predicted octanol–water partition coefficient (Wildman–Crippen LogP) is 3.99. The molecule has 0 aromatic heterocycles. The van der Waals surface area contributed by atoms with Crippen LogP contribution >= 0.6 is 22.6 Å². The minimum Gasteiger partial charge on any atom is -0.481 e. The SMILES string of the molecule is CC(C)(CN=[N+]=[N-])COCC(C)(C(=O)O)c1cccc(I)c1. The quantitative estimate of drug-likeness (QED) is 0.300. The number of azide groups is 1. The van der Waals surface area contributed by atoms with Gasteiger partial charge in [-0.1, -0.05) is 31.1 Å². The van der Waals surface area contributed by atoms with E-state index >= 15 is 0 Å². The van der Waals surface area contributed by atoms with Crippen LogP contribution < -0.4 is 0 Å². The molecule has 22 heavy (non-hydrogen) atoms. The van der Waals surface area contributed by atoms with E-state index in [0.29, 0.717) is 18.7 Å². The van der Waals surface area contributed by atoms with E-state index in [0.717, 1.165) is 3.57 Å². The minimum absolute atomic E-state index is 0.0577. The molecule has 0 amide bonds. The third-order valence-electron chi connectivity index (χ3n) is 3.38. The van der Waals surface area contributed by atoms with Crippen molar-refractivity contribution in [3.63, 3.8) is 0 Å². The van der Waals surface area contributed by atoms with Crippen molar-refractivity contribution in [2.75, 3.05) is 19.8 Å². The standard InChI is InChI=1S/C15H20IN3O3/c1-14(2,8-18-19-17)9-22-10-15(3,13(20)21)11-5-4-6-12(16)7-11/h4-7H,8-10H2,1-3H3,(H,20,21). The highest BCUT2D eigenvalue weighted by Crippen LogP contribution is 2.27. The Balaban J connectivity index is 2.81. The zero-order chi connectivity index (χ0) is 16.8. The number of carboxylic acids is 1. The van der Waals surface area contributed by atoms with Gasteiger partial charge in [0.2, 0.25) is 0 Å². The van der Waals surface area contributed by atoms with Gasteiger partial charge in [-0.3, -0.25) is 4.79 Å². The zero-order valence-electron chi connectivity index (χ0n) is 12.9. The average Bonchev–Trinajstić information content (AvgIpc) is 2.44. The van der Waals surface area contributed by atoms with Gasteiger partial charge in [0.15, 0.2) is 0 Å². The molecule has 0 radical (unpaired) electrons.